The van der Waals surface area contributed by atoms with Crippen LogP contribution in [0.15, 0.2) is 17.8 Å². The van der Waals surface area contributed by atoms with Crippen LogP contribution < -0.4 is 0 Å². The lowest BCUT2D eigenvalue weighted by Gasteiger charge is -2.26. The molecule has 0 aliphatic carbocycles. The Hall–Kier alpha value is -2.72. The first kappa shape index (κ1) is 30.3. The molecule has 9 nitrogen and oxygen atoms in total. The zero-order chi connectivity index (χ0) is 26.8. The quantitative estimate of drug-likeness (QED) is 0.543. The summed E-state index contributed by atoms with van der Waals surface area (Å²) in [4.78, 5) is 31.8. The van der Waals surface area contributed by atoms with E-state index < -0.39 is 24.3 Å². The van der Waals surface area contributed by atoms with Gasteiger partial charge in [-0.05, 0) is 13.1 Å². The molecule has 0 atom stereocenters. The monoisotopic (exact) mass is 533 g/mol. The van der Waals surface area contributed by atoms with Crippen molar-refractivity contribution in [2.24, 2.45) is 0 Å². The number of fused-ring (bicyclic) bond motifs is 1. The molecule has 0 bridgehead atoms. The highest BCUT2D eigenvalue weighted by Crippen LogP contribution is 2.17. The number of thiazole rings is 1. The summed E-state index contributed by atoms with van der Waals surface area (Å²) in [6.45, 7) is 11.5. The first-order valence-electron chi connectivity index (χ1n) is 10.2. The van der Waals surface area contributed by atoms with E-state index in [1.165, 1.54) is 16.5 Å². The SMILES string of the molecule is CCN(CC)Cc1cn2c(n1)CN(Cc1nccs1)CC2.O=C(O)C(F)(F)F.O=C(O)C(F)(F)F. The number of imidazole rings is 1. The average Bonchev–Trinajstić information content (AvgIpc) is 3.40. The number of hydrogen-bond acceptors (Lipinski definition) is 7. The predicted octanol–water partition coefficient (Wildman–Crippen LogP) is 3.46. The minimum absolute atomic E-state index is 0.928. The van der Waals surface area contributed by atoms with Gasteiger partial charge in [-0.1, -0.05) is 13.8 Å². The Kier molecular flexibility index (Phi) is 11.6. The first-order chi connectivity index (χ1) is 16.2. The van der Waals surface area contributed by atoms with E-state index in [2.05, 4.69) is 39.4 Å². The van der Waals surface area contributed by atoms with Gasteiger partial charge in [-0.15, -0.1) is 11.3 Å². The number of carboxylic acid groups (broad SMARTS) is 2. The fourth-order valence-electron chi connectivity index (χ4n) is 2.77. The van der Waals surface area contributed by atoms with Gasteiger partial charge >= 0.3 is 24.3 Å². The molecule has 0 amide bonds. The van der Waals surface area contributed by atoms with Crippen LogP contribution in [0.5, 0.6) is 0 Å². The molecule has 2 aromatic rings. The number of halogens is 6. The second-order valence-electron chi connectivity index (χ2n) is 7.05. The second-order valence-corrected chi connectivity index (χ2v) is 8.02. The number of alkyl halides is 6. The molecule has 0 fully saturated rings. The van der Waals surface area contributed by atoms with Gasteiger partial charge in [0.2, 0.25) is 0 Å². The molecule has 35 heavy (non-hydrogen) atoms. The van der Waals surface area contributed by atoms with E-state index in [9.17, 15) is 26.3 Å². The highest BCUT2D eigenvalue weighted by atomic mass is 32.1. The number of carboxylic acids is 2. The van der Waals surface area contributed by atoms with Gasteiger partial charge in [0, 0.05) is 37.4 Å². The molecule has 2 N–H and O–H groups in total. The lowest BCUT2D eigenvalue weighted by atomic mass is 10.3. The van der Waals surface area contributed by atoms with E-state index in [-0.39, 0.29) is 0 Å². The van der Waals surface area contributed by atoms with Crippen LogP contribution in [-0.2, 0) is 35.8 Å². The molecule has 16 heteroatoms. The molecule has 0 saturated heterocycles. The molecule has 2 aromatic heterocycles. The summed E-state index contributed by atoms with van der Waals surface area (Å²) in [6, 6.07) is 0. The second kappa shape index (κ2) is 13.4. The molecule has 1 aliphatic heterocycles. The van der Waals surface area contributed by atoms with Gasteiger partial charge in [-0.3, -0.25) is 9.80 Å². The molecular formula is C19H25F6N5O4S. The number of rotatable bonds is 6. The van der Waals surface area contributed by atoms with Crippen LogP contribution in [0.2, 0.25) is 0 Å². The summed E-state index contributed by atoms with van der Waals surface area (Å²) in [6.07, 6.45) is -6.05. The largest absolute Gasteiger partial charge is 0.490 e. The Morgan fingerprint density at radius 2 is 1.60 bits per heavy atom. The van der Waals surface area contributed by atoms with Crippen LogP contribution in [0.3, 0.4) is 0 Å². The molecule has 3 rings (SSSR count). The van der Waals surface area contributed by atoms with Crippen molar-refractivity contribution in [1.82, 2.24) is 24.3 Å². The Balaban J connectivity index is 0.000000362. The molecule has 0 unspecified atom stereocenters. The molecule has 0 spiro atoms. The van der Waals surface area contributed by atoms with Crippen molar-refractivity contribution in [3.8, 4) is 0 Å². The third kappa shape index (κ3) is 11.0. The topological polar surface area (TPSA) is 112 Å². The maximum absolute atomic E-state index is 10.6. The maximum Gasteiger partial charge on any atom is 0.490 e. The van der Waals surface area contributed by atoms with Crippen molar-refractivity contribution < 1.29 is 46.1 Å². The third-order valence-corrected chi connectivity index (χ3v) is 5.30. The lowest BCUT2D eigenvalue weighted by molar-refractivity contribution is -0.193. The summed E-state index contributed by atoms with van der Waals surface area (Å²) in [7, 11) is 0. The van der Waals surface area contributed by atoms with E-state index in [1.54, 1.807) is 11.3 Å². The van der Waals surface area contributed by atoms with Crippen molar-refractivity contribution in [2.45, 2.75) is 52.4 Å². The van der Waals surface area contributed by atoms with Crippen molar-refractivity contribution in [3.63, 3.8) is 0 Å². The van der Waals surface area contributed by atoms with E-state index in [4.69, 9.17) is 24.8 Å². The summed E-state index contributed by atoms with van der Waals surface area (Å²) in [5.74, 6) is -4.32. The van der Waals surface area contributed by atoms with Crippen molar-refractivity contribution in [3.05, 3.63) is 34.3 Å². The van der Waals surface area contributed by atoms with Crippen LogP contribution in [0.25, 0.3) is 0 Å². The zero-order valence-electron chi connectivity index (χ0n) is 18.8. The van der Waals surface area contributed by atoms with Crippen molar-refractivity contribution in [1.29, 1.82) is 0 Å². The van der Waals surface area contributed by atoms with E-state index in [0.29, 0.717) is 0 Å². The number of carbonyl (C=O) groups is 2. The van der Waals surface area contributed by atoms with Crippen LogP contribution >= 0.6 is 11.3 Å². The van der Waals surface area contributed by atoms with Crippen molar-refractivity contribution in [2.75, 3.05) is 19.6 Å². The van der Waals surface area contributed by atoms with Gasteiger partial charge in [0.1, 0.15) is 10.8 Å². The van der Waals surface area contributed by atoms with E-state index in [1.807, 2.05) is 11.6 Å². The summed E-state index contributed by atoms with van der Waals surface area (Å²) in [5.41, 5.74) is 1.20. The van der Waals surface area contributed by atoms with Crippen molar-refractivity contribution >= 4 is 23.3 Å². The summed E-state index contributed by atoms with van der Waals surface area (Å²) >= 11 is 1.73. The Labute approximate surface area is 200 Å². The Bertz CT molecular complexity index is 905. The number of hydrogen-bond donors (Lipinski definition) is 2. The highest BCUT2D eigenvalue weighted by molar-refractivity contribution is 7.09. The smallest absolute Gasteiger partial charge is 0.475 e. The van der Waals surface area contributed by atoms with Gasteiger partial charge < -0.3 is 14.8 Å². The standard InChI is InChI=1S/C15H23N5S.2C2HF3O2/c1-3-18(4-2)9-13-10-20-7-6-19(11-14(20)17-13)12-15-16-5-8-21-15;2*3-2(4,5)1(6)7/h5,8,10H,3-4,6-7,9,11-12H2,1-2H3;2*(H,6,7). The van der Waals surface area contributed by atoms with Gasteiger partial charge in [0.15, 0.2) is 0 Å². The molecule has 0 aromatic carbocycles. The highest BCUT2D eigenvalue weighted by Gasteiger charge is 2.38. The normalized spacial score (nSPS) is 13.9. The number of aromatic nitrogens is 3. The van der Waals surface area contributed by atoms with Gasteiger partial charge in [0.25, 0.3) is 0 Å². The molecule has 0 saturated carbocycles. The molecule has 3 heterocycles. The minimum Gasteiger partial charge on any atom is -0.475 e. The van der Waals surface area contributed by atoms with Gasteiger partial charge in [-0.25, -0.2) is 19.6 Å². The fourth-order valence-corrected chi connectivity index (χ4v) is 3.43. The third-order valence-electron chi connectivity index (χ3n) is 4.54. The van der Waals surface area contributed by atoms with Crippen LogP contribution in [0.1, 0.15) is 30.4 Å². The first-order valence-corrected chi connectivity index (χ1v) is 11.0. The molecule has 0 radical (unpaired) electrons. The van der Waals surface area contributed by atoms with E-state index in [0.717, 1.165) is 45.8 Å². The number of nitrogens with zero attached hydrogens (tertiary/aromatic N) is 5. The number of aliphatic carboxylic acids is 2. The van der Waals surface area contributed by atoms with Crippen LogP contribution in [0, 0.1) is 0 Å². The maximum atomic E-state index is 10.6. The van der Waals surface area contributed by atoms with Gasteiger partial charge in [0.05, 0.1) is 18.8 Å². The Morgan fingerprint density at radius 3 is 2.03 bits per heavy atom. The lowest BCUT2D eigenvalue weighted by Crippen LogP contribution is -2.33. The fraction of sp³-hybridized carbons (Fsp3) is 0.579. The minimum atomic E-state index is -5.08. The van der Waals surface area contributed by atoms with Gasteiger partial charge in [-0.2, -0.15) is 26.3 Å². The predicted molar refractivity (Wildman–Crippen MR) is 112 cm³/mol. The van der Waals surface area contributed by atoms with Crippen LogP contribution in [-0.4, -0.2) is 78.5 Å². The molecular weight excluding hydrogens is 508 g/mol. The zero-order valence-corrected chi connectivity index (χ0v) is 19.6. The summed E-state index contributed by atoms with van der Waals surface area (Å²) in [5, 5.41) is 17.5. The van der Waals surface area contributed by atoms with E-state index >= 15 is 0 Å². The molecule has 1 aliphatic rings. The molecule has 198 valence electrons. The van der Waals surface area contributed by atoms with Crippen LogP contribution in [0.4, 0.5) is 26.3 Å². The Morgan fingerprint density at radius 1 is 1.06 bits per heavy atom. The average molecular weight is 533 g/mol. The summed E-state index contributed by atoms with van der Waals surface area (Å²) < 4.78 is 65.8.